The van der Waals surface area contributed by atoms with E-state index in [1.165, 1.54) is 0 Å². The smallest absolute Gasteiger partial charge is 0.226 e. The molecule has 9 heavy (non-hydrogen) atoms. The Labute approximate surface area is 53.2 Å². The molecule has 1 aliphatic heterocycles. The Morgan fingerprint density at radius 1 is 1.11 bits per heavy atom. The van der Waals surface area contributed by atoms with E-state index >= 15 is 0 Å². The van der Waals surface area contributed by atoms with E-state index in [9.17, 15) is 9.59 Å². The quantitative estimate of drug-likeness (QED) is 0.438. The van der Waals surface area contributed by atoms with Crippen LogP contribution < -0.4 is 11.5 Å². The molecule has 1 saturated heterocycles. The van der Waals surface area contributed by atoms with Crippen molar-refractivity contribution in [2.45, 2.75) is 19.3 Å². The van der Waals surface area contributed by atoms with E-state index in [1.54, 1.807) is 0 Å². The van der Waals surface area contributed by atoms with Gasteiger partial charge in [0.1, 0.15) is 0 Å². The maximum atomic E-state index is 10.3. The first-order valence-electron chi connectivity index (χ1n) is 2.62. The maximum Gasteiger partial charge on any atom is 0.226 e. The normalized spacial score (nSPS) is 18.2. The number of piperidine rings is 1. The number of nitrogens with zero attached hydrogens (tertiary/aromatic N) is 1. The molecule has 1 rings (SSSR count). The number of hydrogen-bond acceptors (Lipinski definition) is 2. The van der Waals surface area contributed by atoms with Gasteiger partial charge in [-0.05, 0) is 6.42 Å². The molecule has 0 atom stereocenters. The molecule has 3 radical (unpaired) electrons. The van der Waals surface area contributed by atoms with Gasteiger partial charge in [-0.25, -0.2) is 0 Å². The van der Waals surface area contributed by atoms with Crippen LogP contribution in [0.4, 0.5) is 0 Å². The van der Waals surface area contributed by atoms with Gasteiger partial charge in [0, 0.05) is 19.0 Å². The van der Waals surface area contributed by atoms with Gasteiger partial charge in [0.25, 0.3) is 0 Å². The Hall–Kier alpha value is -0.900. The van der Waals surface area contributed by atoms with E-state index in [0.717, 1.165) is 0 Å². The highest BCUT2D eigenvalue weighted by molar-refractivity contribution is 5.97. The lowest BCUT2D eigenvalue weighted by Crippen LogP contribution is -2.33. The third-order valence-corrected chi connectivity index (χ3v) is 1.09. The van der Waals surface area contributed by atoms with E-state index in [4.69, 9.17) is 0 Å². The van der Waals surface area contributed by atoms with Crippen LogP contribution in [0.2, 0.25) is 0 Å². The highest BCUT2D eigenvalue weighted by Crippen LogP contribution is 2.00. The second-order valence-corrected chi connectivity index (χ2v) is 1.82. The summed E-state index contributed by atoms with van der Waals surface area (Å²) in [6, 6.07) is 0. The first-order valence-corrected chi connectivity index (χ1v) is 2.62. The summed E-state index contributed by atoms with van der Waals surface area (Å²) in [7, 11) is 0. The lowest BCUT2D eigenvalue weighted by atomic mass is 10.1. The molecule has 0 aromatic rings. The molecule has 0 spiro atoms. The van der Waals surface area contributed by atoms with E-state index < -0.39 is 0 Å². The van der Waals surface area contributed by atoms with Crippen molar-refractivity contribution in [1.82, 2.24) is 11.5 Å². The Balaban J connectivity index is 0.000000640. The number of imide groups is 1. The Bertz CT molecular complexity index is 119. The highest BCUT2D eigenvalue weighted by Gasteiger charge is 2.12. The molecule has 2 amide bonds. The number of carbonyl (C=O) groups excluding carboxylic acids is 2. The number of rotatable bonds is 0. The topological polar surface area (TPSA) is 76.7 Å². The maximum absolute atomic E-state index is 10.3. The van der Waals surface area contributed by atoms with Crippen LogP contribution in [0.25, 0.3) is 0 Å². The lowest BCUT2D eigenvalue weighted by molar-refractivity contribution is -0.132. The van der Waals surface area contributed by atoms with Gasteiger partial charge in [-0.3, -0.25) is 14.9 Å². The molecular formula is C5H7N2O2. The van der Waals surface area contributed by atoms with Crippen molar-refractivity contribution >= 4 is 11.8 Å². The van der Waals surface area contributed by atoms with Crippen molar-refractivity contribution < 1.29 is 9.59 Å². The summed E-state index contributed by atoms with van der Waals surface area (Å²) in [6.45, 7) is 0. The van der Waals surface area contributed by atoms with Crippen LogP contribution in [0.1, 0.15) is 19.3 Å². The number of nitrogens with one attached hydrogen (secondary N) is 1. The molecule has 0 aromatic heterocycles. The fourth-order valence-electron chi connectivity index (χ4n) is 0.690. The molecule has 0 aromatic carbocycles. The zero-order valence-corrected chi connectivity index (χ0v) is 4.89. The SMILES string of the molecule is O=C1CCCC(=O)N1.[N]. The van der Waals surface area contributed by atoms with Crippen molar-refractivity contribution in [2.75, 3.05) is 0 Å². The Morgan fingerprint density at radius 3 is 1.78 bits per heavy atom. The first kappa shape index (κ1) is 8.10. The molecule has 1 aliphatic rings. The minimum Gasteiger partial charge on any atom is -0.296 e. The predicted octanol–water partition coefficient (Wildman–Crippen LogP) is -0.667. The van der Waals surface area contributed by atoms with Gasteiger partial charge in [-0.15, -0.1) is 0 Å². The molecular weight excluding hydrogens is 120 g/mol. The second-order valence-electron chi connectivity index (χ2n) is 1.82. The summed E-state index contributed by atoms with van der Waals surface area (Å²) < 4.78 is 0. The standard InChI is InChI=1S/C5H7NO2.N/c7-4-2-1-3-5(8)6-4;/h1-3H2,(H,6,7,8);. The van der Waals surface area contributed by atoms with Gasteiger partial charge in [-0.2, -0.15) is 0 Å². The predicted molar refractivity (Wildman–Crippen MR) is 29.1 cm³/mol. The van der Waals surface area contributed by atoms with E-state index in [2.05, 4.69) is 5.32 Å². The van der Waals surface area contributed by atoms with Gasteiger partial charge >= 0.3 is 0 Å². The van der Waals surface area contributed by atoms with E-state index in [1.807, 2.05) is 0 Å². The molecule has 49 valence electrons. The molecule has 4 nitrogen and oxygen atoms in total. The first-order chi connectivity index (χ1) is 3.79. The van der Waals surface area contributed by atoms with Gasteiger partial charge in [0.05, 0.1) is 0 Å². The highest BCUT2D eigenvalue weighted by atomic mass is 16.2. The minimum absolute atomic E-state index is 0. The summed E-state index contributed by atoms with van der Waals surface area (Å²) in [6.07, 6.45) is 1.72. The van der Waals surface area contributed by atoms with Crippen molar-refractivity contribution in [3.8, 4) is 0 Å². The fraction of sp³-hybridized carbons (Fsp3) is 0.600. The summed E-state index contributed by atoms with van der Waals surface area (Å²) in [5.41, 5.74) is 0. The summed E-state index contributed by atoms with van der Waals surface area (Å²) in [5, 5.41) is 2.20. The van der Waals surface area contributed by atoms with Crippen LogP contribution >= 0.6 is 0 Å². The molecule has 1 N–H and O–H groups in total. The van der Waals surface area contributed by atoms with Crippen molar-refractivity contribution in [2.24, 2.45) is 0 Å². The van der Waals surface area contributed by atoms with Crippen molar-refractivity contribution in [3.05, 3.63) is 0 Å². The summed E-state index contributed by atoms with van der Waals surface area (Å²) in [4.78, 5) is 20.7. The third-order valence-electron chi connectivity index (χ3n) is 1.09. The molecule has 0 bridgehead atoms. The fourth-order valence-corrected chi connectivity index (χ4v) is 0.690. The minimum atomic E-state index is -0.138. The number of carbonyl (C=O) groups is 2. The van der Waals surface area contributed by atoms with Crippen molar-refractivity contribution in [1.29, 1.82) is 0 Å². The Kier molecular flexibility index (Phi) is 2.87. The van der Waals surface area contributed by atoms with Gasteiger partial charge in [-0.1, -0.05) is 0 Å². The van der Waals surface area contributed by atoms with Gasteiger partial charge < -0.3 is 0 Å². The molecule has 0 aliphatic carbocycles. The number of amides is 2. The van der Waals surface area contributed by atoms with Crippen LogP contribution in [0.15, 0.2) is 0 Å². The molecule has 0 saturated carbocycles. The second kappa shape index (κ2) is 3.19. The van der Waals surface area contributed by atoms with Gasteiger partial charge in [0.15, 0.2) is 0 Å². The zero-order valence-electron chi connectivity index (χ0n) is 4.89. The van der Waals surface area contributed by atoms with Crippen LogP contribution in [-0.2, 0) is 9.59 Å². The molecule has 4 heteroatoms. The molecule has 1 fully saturated rings. The summed E-state index contributed by atoms with van der Waals surface area (Å²) in [5.74, 6) is -0.275. The van der Waals surface area contributed by atoms with E-state index in [0.29, 0.717) is 19.3 Å². The number of hydrogen-bond donors (Lipinski definition) is 1. The average molecular weight is 127 g/mol. The van der Waals surface area contributed by atoms with Gasteiger partial charge in [0.2, 0.25) is 11.8 Å². The van der Waals surface area contributed by atoms with Crippen molar-refractivity contribution in [3.63, 3.8) is 0 Å². The molecule has 0 unspecified atom stereocenters. The average Bonchev–Trinajstić information content (AvgIpc) is 1.64. The van der Waals surface area contributed by atoms with Crippen LogP contribution in [0.3, 0.4) is 0 Å². The van der Waals surface area contributed by atoms with Crippen LogP contribution in [0, 0.1) is 0 Å². The van der Waals surface area contributed by atoms with Crippen LogP contribution in [-0.4, -0.2) is 11.8 Å². The third kappa shape index (κ3) is 2.23. The molecule has 1 heterocycles. The summed E-state index contributed by atoms with van der Waals surface area (Å²) >= 11 is 0. The monoisotopic (exact) mass is 127 g/mol. The Morgan fingerprint density at radius 2 is 1.56 bits per heavy atom. The van der Waals surface area contributed by atoms with Crippen LogP contribution in [0.5, 0.6) is 0 Å². The van der Waals surface area contributed by atoms with E-state index in [-0.39, 0.29) is 18.0 Å². The largest absolute Gasteiger partial charge is 0.296 e. The zero-order chi connectivity index (χ0) is 5.98. The lowest BCUT2D eigenvalue weighted by Gasteiger charge is -2.07.